The highest BCUT2D eigenvalue weighted by molar-refractivity contribution is 9.10. The van der Waals surface area contributed by atoms with Crippen molar-refractivity contribution in [3.05, 3.63) is 64.1 Å². The molecule has 0 radical (unpaired) electrons. The van der Waals surface area contributed by atoms with E-state index in [1.807, 2.05) is 24.3 Å². The van der Waals surface area contributed by atoms with Gasteiger partial charge in [-0.2, -0.15) is 0 Å². The van der Waals surface area contributed by atoms with Gasteiger partial charge in [-0.3, -0.25) is 4.79 Å². The molecule has 2 aromatic carbocycles. The topological polar surface area (TPSA) is 64.4 Å². The van der Waals surface area contributed by atoms with Gasteiger partial charge in [0.05, 0.1) is 5.56 Å². The second-order valence-corrected chi connectivity index (χ2v) is 7.09. The number of benzene rings is 2. The molecule has 0 aliphatic carbocycles. The molecule has 1 heterocycles. The third-order valence-corrected chi connectivity index (χ3v) is 5.23. The van der Waals surface area contributed by atoms with E-state index in [2.05, 4.69) is 33.4 Å². The first-order valence-electron chi connectivity index (χ1n) is 8.07. The zero-order chi connectivity index (χ0) is 17.0. The van der Waals surface area contributed by atoms with Crippen LogP contribution in [0.3, 0.4) is 0 Å². The summed E-state index contributed by atoms with van der Waals surface area (Å²) in [5.74, 6) is -0.129. The first kappa shape index (κ1) is 19.8. The summed E-state index contributed by atoms with van der Waals surface area (Å²) in [5.41, 5.74) is 8.06. The number of hydrogen-bond acceptors (Lipinski definition) is 3. The van der Waals surface area contributed by atoms with Gasteiger partial charge in [-0.05, 0) is 42.7 Å². The van der Waals surface area contributed by atoms with Crippen molar-refractivity contribution in [3.63, 3.8) is 0 Å². The van der Waals surface area contributed by atoms with Crippen LogP contribution in [0.5, 0.6) is 0 Å². The number of hydrogen-bond donors (Lipinski definition) is 2. The lowest BCUT2D eigenvalue weighted by Crippen LogP contribution is -2.44. The van der Waals surface area contributed by atoms with E-state index < -0.39 is 0 Å². The number of anilines is 1. The molecule has 0 bridgehead atoms. The number of amides is 1. The lowest BCUT2D eigenvalue weighted by atomic mass is 9.74. The van der Waals surface area contributed by atoms with Crippen molar-refractivity contribution < 1.29 is 9.53 Å². The summed E-state index contributed by atoms with van der Waals surface area (Å²) in [4.78, 5) is 12.5. The molecule has 1 aliphatic rings. The molecule has 1 fully saturated rings. The number of para-hydroxylation sites is 1. The lowest BCUT2D eigenvalue weighted by molar-refractivity contribution is 0.0487. The average molecular weight is 426 g/mol. The van der Waals surface area contributed by atoms with Crippen LogP contribution in [-0.2, 0) is 10.2 Å². The van der Waals surface area contributed by atoms with Gasteiger partial charge in [0.15, 0.2) is 0 Å². The van der Waals surface area contributed by atoms with Crippen molar-refractivity contribution in [1.82, 2.24) is 5.32 Å². The molecule has 0 unspecified atom stereocenters. The molecule has 1 aliphatic heterocycles. The maximum absolute atomic E-state index is 12.5. The highest BCUT2D eigenvalue weighted by Crippen LogP contribution is 2.35. The van der Waals surface area contributed by atoms with Crippen LogP contribution in [0, 0.1) is 0 Å². The summed E-state index contributed by atoms with van der Waals surface area (Å²) in [7, 11) is 0. The minimum Gasteiger partial charge on any atom is -0.398 e. The lowest BCUT2D eigenvalue weighted by Gasteiger charge is -2.38. The zero-order valence-corrected chi connectivity index (χ0v) is 16.2. The fourth-order valence-corrected chi connectivity index (χ4v) is 3.45. The summed E-state index contributed by atoms with van der Waals surface area (Å²) in [5, 5.41) is 3.08. The van der Waals surface area contributed by atoms with Crippen LogP contribution in [0.1, 0.15) is 28.8 Å². The third-order valence-electron chi connectivity index (χ3n) is 4.70. The highest BCUT2D eigenvalue weighted by atomic mass is 79.9. The Morgan fingerprint density at radius 2 is 1.76 bits per heavy atom. The van der Waals surface area contributed by atoms with Crippen molar-refractivity contribution in [2.24, 2.45) is 0 Å². The largest absolute Gasteiger partial charge is 0.398 e. The Balaban J connectivity index is 0.00000225. The summed E-state index contributed by atoms with van der Waals surface area (Å²) < 4.78 is 6.59. The number of carbonyl (C=O) groups excluding carboxylic acids is 1. The molecule has 3 N–H and O–H groups in total. The molecule has 0 atom stereocenters. The van der Waals surface area contributed by atoms with Gasteiger partial charge in [-0.15, -0.1) is 12.4 Å². The molecule has 134 valence electrons. The number of halogens is 2. The second-order valence-electron chi connectivity index (χ2n) is 6.17. The summed E-state index contributed by atoms with van der Waals surface area (Å²) >= 11 is 3.48. The smallest absolute Gasteiger partial charge is 0.253 e. The van der Waals surface area contributed by atoms with Gasteiger partial charge in [0.2, 0.25) is 0 Å². The van der Waals surface area contributed by atoms with E-state index in [9.17, 15) is 4.79 Å². The fraction of sp³-hybridized carbons (Fsp3) is 0.316. The standard InChI is InChI=1S/C19H21BrN2O2.ClH/c20-15-7-5-14(6-8-15)19(9-11-24-12-10-19)13-22-18(23)16-3-1-2-4-17(16)21;/h1-8H,9-13,21H2,(H,22,23);1H. The molecule has 0 saturated carbocycles. The second kappa shape index (κ2) is 8.70. The fourth-order valence-electron chi connectivity index (χ4n) is 3.18. The SMILES string of the molecule is Cl.Nc1ccccc1C(=O)NCC1(c2ccc(Br)cc2)CCOCC1. The van der Waals surface area contributed by atoms with E-state index in [-0.39, 0.29) is 23.7 Å². The molecule has 0 spiro atoms. The van der Waals surface area contributed by atoms with E-state index in [4.69, 9.17) is 10.5 Å². The van der Waals surface area contributed by atoms with E-state index in [1.165, 1.54) is 5.56 Å². The van der Waals surface area contributed by atoms with E-state index in [0.717, 1.165) is 17.3 Å². The minimum absolute atomic E-state index is 0. The van der Waals surface area contributed by atoms with Crippen molar-refractivity contribution in [2.75, 3.05) is 25.5 Å². The van der Waals surface area contributed by atoms with Crippen molar-refractivity contribution in [2.45, 2.75) is 18.3 Å². The van der Waals surface area contributed by atoms with Gasteiger partial charge < -0.3 is 15.8 Å². The molecule has 2 aromatic rings. The summed E-state index contributed by atoms with van der Waals surface area (Å²) in [6.45, 7) is 1.99. The Morgan fingerprint density at radius 1 is 1.12 bits per heavy atom. The molecule has 3 rings (SSSR count). The predicted molar refractivity (Wildman–Crippen MR) is 106 cm³/mol. The minimum atomic E-state index is -0.129. The van der Waals surface area contributed by atoms with E-state index in [0.29, 0.717) is 31.0 Å². The van der Waals surface area contributed by atoms with Gasteiger partial charge in [-0.1, -0.05) is 40.2 Å². The van der Waals surface area contributed by atoms with Gasteiger partial charge in [0.25, 0.3) is 5.91 Å². The number of ether oxygens (including phenoxy) is 1. The molecule has 25 heavy (non-hydrogen) atoms. The number of nitrogen functional groups attached to an aromatic ring is 1. The van der Waals surface area contributed by atoms with E-state index >= 15 is 0 Å². The van der Waals surface area contributed by atoms with Crippen molar-refractivity contribution in [1.29, 1.82) is 0 Å². The number of nitrogens with two attached hydrogens (primary N) is 1. The molecule has 4 nitrogen and oxygen atoms in total. The van der Waals surface area contributed by atoms with Crippen LogP contribution < -0.4 is 11.1 Å². The molecule has 6 heteroatoms. The molecular weight excluding hydrogens is 404 g/mol. The zero-order valence-electron chi connectivity index (χ0n) is 13.8. The van der Waals surface area contributed by atoms with Crippen LogP contribution in [-0.4, -0.2) is 25.7 Å². The van der Waals surface area contributed by atoms with Crippen LogP contribution in [0.2, 0.25) is 0 Å². The first-order valence-corrected chi connectivity index (χ1v) is 8.87. The van der Waals surface area contributed by atoms with E-state index in [1.54, 1.807) is 12.1 Å². The van der Waals surface area contributed by atoms with Crippen LogP contribution in [0.25, 0.3) is 0 Å². The Kier molecular flexibility index (Phi) is 6.87. The Morgan fingerprint density at radius 3 is 2.40 bits per heavy atom. The highest BCUT2D eigenvalue weighted by Gasteiger charge is 2.35. The van der Waals surface area contributed by atoms with Gasteiger partial charge in [0, 0.05) is 35.3 Å². The molecule has 1 amide bonds. The normalized spacial score (nSPS) is 15.9. The molecule has 1 saturated heterocycles. The maximum atomic E-state index is 12.5. The Labute approximate surface area is 162 Å². The van der Waals surface area contributed by atoms with Gasteiger partial charge in [0.1, 0.15) is 0 Å². The number of rotatable bonds is 4. The average Bonchev–Trinajstić information content (AvgIpc) is 2.61. The Bertz CT molecular complexity index is 716. The van der Waals surface area contributed by atoms with Crippen LogP contribution >= 0.6 is 28.3 Å². The van der Waals surface area contributed by atoms with Crippen LogP contribution in [0.15, 0.2) is 53.0 Å². The van der Waals surface area contributed by atoms with Gasteiger partial charge >= 0.3 is 0 Å². The predicted octanol–water partition coefficient (Wildman–Crippen LogP) is 3.93. The number of nitrogens with one attached hydrogen (secondary N) is 1. The number of carbonyl (C=O) groups is 1. The van der Waals surface area contributed by atoms with Crippen molar-refractivity contribution >= 4 is 39.9 Å². The Hall–Kier alpha value is -1.56. The molecular formula is C19H22BrClN2O2. The third kappa shape index (κ3) is 4.54. The van der Waals surface area contributed by atoms with Crippen molar-refractivity contribution in [3.8, 4) is 0 Å². The quantitative estimate of drug-likeness (QED) is 0.730. The summed E-state index contributed by atoms with van der Waals surface area (Å²) in [6, 6.07) is 15.5. The summed E-state index contributed by atoms with van der Waals surface area (Å²) in [6.07, 6.45) is 1.78. The molecule has 0 aromatic heterocycles. The first-order chi connectivity index (χ1) is 11.6. The van der Waals surface area contributed by atoms with Crippen LogP contribution in [0.4, 0.5) is 5.69 Å². The van der Waals surface area contributed by atoms with Gasteiger partial charge in [-0.25, -0.2) is 0 Å². The maximum Gasteiger partial charge on any atom is 0.253 e. The monoisotopic (exact) mass is 424 g/mol.